The van der Waals surface area contributed by atoms with Crippen LogP contribution >= 0.6 is 0 Å². The number of carbonyl (C=O) groups excluding carboxylic acids is 2. The van der Waals surface area contributed by atoms with Crippen LogP contribution in [0.2, 0.25) is 0 Å². The Morgan fingerprint density at radius 1 is 0.750 bits per heavy atom. The van der Waals surface area contributed by atoms with Gasteiger partial charge in [0.15, 0.2) is 11.5 Å². The molecule has 1 atom stereocenters. The van der Waals surface area contributed by atoms with E-state index in [4.69, 9.17) is 9.47 Å². The van der Waals surface area contributed by atoms with Crippen LogP contribution in [-0.2, 0) is 6.42 Å². The number of hydrogen-bond acceptors (Lipinski definition) is 4. The molecule has 0 fully saturated rings. The van der Waals surface area contributed by atoms with Gasteiger partial charge in [0.05, 0.1) is 30.4 Å². The maximum atomic E-state index is 13.2. The van der Waals surface area contributed by atoms with Gasteiger partial charge in [-0.25, -0.2) is 0 Å². The third kappa shape index (κ3) is 4.24. The first-order valence-electron chi connectivity index (χ1n) is 11.0. The van der Waals surface area contributed by atoms with Gasteiger partial charge in [-0.2, -0.15) is 0 Å². The Bertz CT molecular complexity index is 1070. The Labute approximate surface area is 188 Å². The van der Waals surface area contributed by atoms with Crippen molar-refractivity contribution in [3.05, 3.63) is 95.1 Å². The van der Waals surface area contributed by atoms with Gasteiger partial charge in [-0.05, 0) is 62.1 Å². The molecule has 0 saturated carbocycles. The zero-order valence-electron chi connectivity index (χ0n) is 18.4. The van der Waals surface area contributed by atoms with Gasteiger partial charge in [0.1, 0.15) is 0 Å². The van der Waals surface area contributed by atoms with Crippen molar-refractivity contribution in [2.75, 3.05) is 13.2 Å². The van der Waals surface area contributed by atoms with Crippen LogP contribution in [0.5, 0.6) is 11.5 Å². The molecule has 0 radical (unpaired) electrons. The fourth-order valence-electron chi connectivity index (χ4n) is 4.17. The molecule has 0 aromatic heterocycles. The number of nitrogens with zero attached hydrogens (tertiary/aromatic N) is 1. The first-order valence-corrected chi connectivity index (χ1v) is 11.0. The number of amides is 2. The number of hydrogen-bond donors (Lipinski definition) is 0. The fraction of sp³-hybridized carbons (Fsp3) is 0.259. The number of ether oxygens (including phenoxy) is 2. The van der Waals surface area contributed by atoms with E-state index in [2.05, 4.69) is 0 Å². The smallest absolute Gasteiger partial charge is 0.262 e. The average molecular weight is 430 g/mol. The lowest BCUT2D eigenvalue weighted by Gasteiger charge is -2.27. The van der Waals surface area contributed by atoms with Crippen LogP contribution in [0.3, 0.4) is 0 Å². The van der Waals surface area contributed by atoms with Gasteiger partial charge >= 0.3 is 0 Å². The van der Waals surface area contributed by atoms with Crippen LogP contribution in [0.15, 0.2) is 72.8 Å². The fourth-order valence-corrected chi connectivity index (χ4v) is 4.17. The number of benzene rings is 3. The highest BCUT2D eigenvalue weighted by atomic mass is 16.5. The van der Waals surface area contributed by atoms with E-state index >= 15 is 0 Å². The van der Waals surface area contributed by atoms with Crippen molar-refractivity contribution in [2.24, 2.45) is 0 Å². The predicted molar refractivity (Wildman–Crippen MR) is 123 cm³/mol. The van der Waals surface area contributed by atoms with Crippen LogP contribution in [0.1, 0.15) is 58.2 Å². The minimum atomic E-state index is -0.356. The van der Waals surface area contributed by atoms with E-state index in [1.165, 1.54) is 4.90 Å². The molecule has 3 aromatic rings. The molecule has 5 nitrogen and oxygen atoms in total. The van der Waals surface area contributed by atoms with Crippen LogP contribution in [0.4, 0.5) is 0 Å². The second-order valence-corrected chi connectivity index (χ2v) is 7.64. The summed E-state index contributed by atoms with van der Waals surface area (Å²) >= 11 is 0. The zero-order chi connectivity index (χ0) is 22.5. The minimum absolute atomic E-state index is 0.235. The summed E-state index contributed by atoms with van der Waals surface area (Å²) in [6.07, 6.45) is 1.29. The maximum absolute atomic E-state index is 13.2. The Balaban J connectivity index is 1.62. The lowest BCUT2D eigenvalue weighted by molar-refractivity contribution is 0.0574. The molecule has 0 aliphatic carbocycles. The topological polar surface area (TPSA) is 55.8 Å². The summed E-state index contributed by atoms with van der Waals surface area (Å²) in [5, 5.41) is 0. The largest absolute Gasteiger partial charge is 0.490 e. The van der Waals surface area contributed by atoms with Crippen molar-refractivity contribution in [2.45, 2.75) is 32.7 Å². The highest BCUT2D eigenvalue weighted by molar-refractivity contribution is 6.21. The number of imide groups is 1. The molecule has 1 aliphatic rings. The molecular weight excluding hydrogens is 402 g/mol. The highest BCUT2D eigenvalue weighted by Gasteiger charge is 2.40. The molecular formula is C27H27NO4. The first-order chi connectivity index (χ1) is 15.6. The van der Waals surface area contributed by atoms with Crippen molar-refractivity contribution in [1.82, 2.24) is 4.90 Å². The summed E-state index contributed by atoms with van der Waals surface area (Å²) in [4.78, 5) is 27.7. The molecule has 2 amide bonds. The average Bonchev–Trinajstić information content (AvgIpc) is 3.07. The Morgan fingerprint density at radius 3 is 1.97 bits per heavy atom. The van der Waals surface area contributed by atoms with E-state index in [9.17, 15) is 9.59 Å². The highest BCUT2D eigenvalue weighted by Crippen LogP contribution is 2.35. The van der Waals surface area contributed by atoms with E-state index in [1.54, 1.807) is 24.3 Å². The van der Waals surface area contributed by atoms with Crippen LogP contribution < -0.4 is 9.47 Å². The Hall–Kier alpha value is -3.60. The van der Waals surface area contributed by atoms with Crippen LogP contribution in [0.25, 0.3) is 0 Å². The van der Waals surface area contributed by atoms with Gasteiger partial charge in [0.25, 0.3) is 11.8 Å². The molecule has 1 heterocycles. The molecule has 1 unspecified atom stereocenters. The first kappa shape index (κ1) is 21.6. The summed E-state index contributed by atoms with van der Waals surface area (Å²) in [5.41, 5.74) is 2.95. The summed E-state index contributed by atoms with van der Waals surface area (Å²) < 4.78 is 11.4. The quantitative estimate of drug-likeness (QED) is 0.424. The van der Waals surface area contributed by atoms with Gasteiger partial charge in [0.2, 0.25) is 0 Å². The minimum Gasteiger partial charge on any atom is -0.490 e. The second-order valence-electron chi connectivity index (χ2n) is 7.64. The monoisotopic (exact) mass is 429 g/mol. The molecule has 0 N–H and O–H groups in total. The van der Waals surface area contributed by atoms with Gasteiger partial charge in [0, 0.05) is 0 Å². The summed E-state index contributed by atoms with van der Waals surface area (Å²) in [6, 6.07) is 22.3. The van der Waals surface area contributed by atoms with Crippen LogP contribution in [0, 0.1) is 0 Å². The van der Waals surface area contributed by atoms with E-state index in [1.807, 2.05) is 62.4 Å². The maximum Gasteiger partial charge on any atom is 0.262 e. The number of carbonyl (C=O) groups is 2. The Kier molecular flexibility index (Phi) is 6.55. The molecule has 0 spiro atoms. The van der Waals surface area contributed by atoms with E-state index < -0.39 is 0 Å². The number of rotatable bonds is 9. The van der Waals surface area contributed by atoms with Crippen LogP contribution in [-0.4, -0.2) is 29.9 Å². The normalized spacial score (nSPS) is 13.8. The molecule has 1 aliphatic heterocycles. The zero-order valence-corrected chi connectivity index (χ0v) is 18.4. The van der Waals surface area contributed by atoms with Crippen molar-refractivity contribution < 1.29 is 19.1 Å². The van der Waals surface area contributed by atoms with E-state index in [0.717, 1.165) is 16.9 Å². The molecule has 5 heteroatoms. The van der Waals surface area contributed by atoms with Gasteiger partial charge < -0.3 is 9.47 Å². The molecule has 164 valence electrons. The standard InChI is InChI=1S/C27H27NO4/c1-3-31-24-17-15-19(18-25(24)32-4-2)14-16-23(20-10-6-5-7-11-20)28-26(29)21-12-8-9-13-22(21)27(28)30/h5-13,15,17-18,23H,3-4,14,16H2,1-2H3. The summed E-state index contributed by atoms with van der Waals surface area (Å²) in [5.74, 6) is 0.962. The molecule has 4 rings (SSSR count). The van der Waals surface area contributed by atoms with Gasteiger partial charge in [-0.3, -0.25) is 14.5 Å². The van der Waals surface area contributed by atoms with Crippen molar-refractivity contribution in [1.29, 1.82) is 0 Å². The number of fused-ring (bicyclic) bond motifs is 1. The predicted octanol–water partition coefficient (Wildman–Crippen LogP) is 5.45. The van der Waals surface area contributed by atoms with Crippen molar-refractivity contribution in [3.8, 4) is 11.5 Å². The summed E-state index contributed by atoms with van der Waals surface area (Å²) in [7, 11) is 0. The third-order valence-electron chi connectivity index (χ3n) is 5.64. The van der Waals surface area contributed by atoms with Gasteiger partial charge in [-0.1, -0.05) is 48.5 Å². The van der Waals surface area contributed by atoms with Crippen molar-refractivity contribution >= 4 is 11.8 Å². The molecule has 3 aromatic carbocycles. The Morgan fingerprint density at radius 2 is 1.34 bits per heavy atom. The van der Waals surface area contributed by atoms with E-state index in [0.29, 0.717) is 42.9 Å². The van der Waals surface area contributed by atoms with Gasteiger partial charge in [-0.15, -0.1) is 0 Å². The molecule has 0 saturated heterocycles. The summed E-state index contributed by atoms with van der Waals surface area (Å²) in [6.45, 7) is 4.99. The molecule has 0 bridgehead atoms. The number of aryl methyl sites for hydroxylation is 1. The SMILES string of the molecule is CCOc1ccc(CCC(c2ccccc2)N2C(=O)c3ccccc3C2=O)cc1OCC. The lowest BCUT2D eigenvalue weighted by atomic mass is 9.97. The van der Waals surface area contributed by atoms with E-state index in [-0.39, 0.29) is 17.9 Å². The lowest BCUT2D eigenvalue weighted by Crippen LogP contribution is -2.34. The van der Waals surface area contributed by atoms with Crippen molar-refractivity contribution in [3.63, 3.8) is 0 Å². The molecule has 32 heavy (non-hydrogen) atoms. The third-order valence-corrected chi connectivity index (χ3v) is 5.64. The second kappa shape index (κ2) is 9.69.